The molecule has 1 atom stereocenters. The summed E-state index contributed by atoms with van der Waals surface area (Å²) in [6, 6.07) is 7.05. The van der Waals surface area contributed by atoms with Crippen LogP contribution in [0.1, 0.15) is 17.2 Å². The van der Waals surface area contributed by atoms with E-state index in [4.69, 9.17) is 10.5 Å². The van der Waals surface area contributed by atoms with E-state index in [1.165, 1.54) is 18.7 Å². The van der Waals surface area contributed by atoms with Crippen molar-refractivity contribution in [1.82, 2.24) is 4.90 Å². The van der Waals surface area contributed by atoms with Crippen LogP contribution < -0.4 is 10.5 Å². The Balaban J connectivity index is 2.16. The van der Waals surface area contributed by atoms with E-state index in [1.54, 1.807) is 17.4 Å². The predicted octanol–water partition coefficient (Wildman–Crippen LogP) is 3.79. The van der Waals surface area contributed by atoms with E-state index >= 15 is 0 Å². The largest absolute Gasteiger partial charge is 0.494 e. The number of rotatable bonds is 6. The fourth-order valence-electron chi connectivity index (χ4n) is 2.29. The van der Waals surface area contributed by atoms with Gasteiger partial charge in [0.05, 0.1) is 10.9 Å². The zero-order valence-corrected chi connectivity index (χ0v) is 14.4. The van der Waals surface area contributed by atoms with Crippen LogP contribution in [0, 0.1) is 5.82 Å². The van der Waals surface area contributed by atoms with Crippen molar-refractivity contribution < 1.29 is 9.13 Å². The fourth-order valence-corrected chi connectivity index (χ4v) is 3.49. The van der Waals surface area contributed by atoms with Gasteiger partial charge in [0.2, 0.25) is 0 Å². The molecule has 0 bridgehead atoms. The third kappa shape index (κ3) is 4.03. The molecule has 1 aromatic carbocycles. The standard InChI is InChI=1S/C15H18BrFN2OS/c1-19(8-10-5-15(16)21-9-10)13(7-18)11-3-4-14(20-2)12(17)6-11/h3-6,9,13H,7-8,18H2,1-2H3. The van der Waals surface area contributed by atoms with E-state index < -0.39 is 0 Å². The summed E-state index contributed by atoms with van der Waals surface area (Å²) in [5.74, 6) is -0.112. The van der Waals surface area contributed by atoms with E-state index in [0.717, 1.165) is 15.9 Å². The third-order valence-corrected chi connectivity index (χ3v) is 4.92. The van der Waals surface area contributed by atoms with Gasteiger partial charge in [-0.3, -0.25) is 4.90 Å². The molecule has 1 heterocycles. The first-order chi connectivity index (χ1) is 10.0. The van der Waals surface area contributed by atoms with Crippen molar-refractivity contribution >= 4 is 27.3 Å². The summed E-state index contributed by atoms with van der Waals surface area (Å²) in [6.45, 7) is 1.19. The van der Waals surface area contributed by atoms with Gasteiger partial charge in [0.15, 0.2) is 11.6 Å². The lowest BCUT2D eigenvalue weighted by atomic mass is 10.0. The minimum absolute atomic E-state index is 0.0379. The Kier molecular flexibility index (Phi) is 5.75. The van der Waals surface area contributed by atoms with Crippen molar-refractivity contribution in [2.24, 2.45) is 5.73 Å². The van der Waals surface area contributed by atoms with Gasteiger partial charge in [-0.15, -0.1) is 11.3 Å². The summed E-state index contributed by atoms with van der Waals surface area (Å²) >= 11 is 5.11. The molecule has 1 aromatic heterocycles. The van der Waals surface area contributed by atoms with Crippen LogP contribution in [0.5, 0.6) is 5.75 Å². The van der Waals surface area contributed by atoms with Crippen LogP contribution >= 0.6 is 27.3 Å². The van der Waals surface area contributed by atoms with Gasteiger partial charge in [-0.05, 0) is 57.7 Å². The summed E-state index contributed by atoms with van der Waals surface area (Å²) in [7, 11) is 3.45. The number of likely N-dealkylation sites (N-methyl/N-ethyl adjacent to an activating group) is 1. The Bertz CT molecular complexity index is 605. The highest BCUT2D eigenvalue weighted by atomic mass is 79.9. The predicted molar refractivity (Wildman–Crippen MR) is 88.2 cm³/mol. The maximum absolute atomic E-state index is 13.9. The first kappa shape index (κ1) is 16.4. The Morgan fingerprint density at radius 1 is 1.43 bits per heavy atom. The molecule has 0 saturated carbocycles. The Morgan fingerprint density at radius 2 is 2.19 bits per heavy atom. The third-order valence-electron chi connectivity index (χ3n) is 3.37. The SMILES string of the molecule is COc1ccc(C(CN)N(C)Cc2csc(Br)c2)cc1F. The van der Waals surface area contributed by atoms with Crippen molar-refractivity contribution in [3.63, 3.8) is 0 Å². The molecule has 0 fully saturated rings. The number of hydrogen-bond donors (Lipinski definition) is 1. The number of nitrogens with zero attached hydrogens (tertiary/aromatic N) is 1. The summed E-state index contributed by atoms with van der Waals surface area (Å²) < 4.78 is 19.9. The molecule has 0 amide bonds. The summed E-state index contributed by atoms with van der Waals surface area (Å²) in [4.78, 5) is 2.12. The average Bonchev–Trinajstić information content (AvgIpc) is 2.85. The van der Waals surface area contributed by atoms with E-state index in [0.29, 0.717) is 6.54 Å². The molecule has 114 valence electrons. The van der Waals surface area contributed by atoms with Crippen molar-refractivity contribution in [2.75, 3.05) is 20.7 Å². The highest BCUT2D eigenvalue weighted by molar-refractivity contribution is 9.11. The number of ether oxygens (including phenoxy) is 1. The van der Waals surface area contributed by atoms with Gasteiger partial charge < -0.3 is 10.5 Å². The number of thiophene rings is 1. The van der Waals surface area contributed by atoms with Gasteiger partial charge in [0, 0.05) is 19.1 Å². The smallest absolute Gasteiger partial charge is 0.165 e. The molecule has 21 heavy (non-hydrogen) atoms. The Hall–Kier alpha value is -0.950. The molecule has 0 saturated heterocycles. The van der Waals surface area contributed by atoms with Crippen molar-refractivity contribution in [1.29, 1.82) is 0 Å². The summed E-state index contributed by atoms with van der Waals surface area (Å²) in [6.07, 6.45) is 0. The molecule has 0 aliphatic carbocycles. The molecule has 0 aliphatic rings. The lowest BCUT2D eigenvalue weighted by Crippen LogP contribution is -2.30. The topological polar surface area (TPSA) is 38.5 Å². The molecule has 6 heteroatoms. The normalized spacial score (nSPS) is 12.7. The highest BCUT2D eigenvalue weighted by Gasteiger charge is 2.18. The molecule has 2 aromatic rings. The number of benzene rings is 1. The van der Waals surface area contributed by atoms with Gasteiger partial charge in [0.25, 0.3) is 0 Å². The minimum atomic E-state index is -0.361. The molecule has 3 nitrogen and oxygen atoms in total. The van der Waals surface area contributed by atoms with Crippen LogP contribution in [0.25, 0.3) is 0 Å². The van der Waals surface area contributed by atoms with Gasteiger partial charge >= 0.3 is 0 Å². The Labute approximate surface area is 136 Å². The number of nitrogens with two attached hydrogens (primary N) is 1. The second-order valence-corrected chi connectivity index (χ2v) is 7.11. The molecule has 0 aliphatic heterocycles. The molecule has 2 N–H and O–H groups in total. The molecule has 1 unspecified atom stereocenters. The fraction of sp³-hybridized carbons (Fsp3) is 0.333. The van der Waals surface area contributed by atoms with E-state index in [-0.39, 0.29) is 17.6 Å². The van der Waals surface area contributed by atoms with E-state index in [9.17, 15) is 4.39 Å². The van der Waals surface area contributed by atoms with Gasteiger partial charge in [0.1, 0.15) is 0 Å². The Morgan fingerprint density at radius 3 is 2.71 bits per heavy atom. The van der Waals surface area contributed by atoms with Crippen LogP contribution in [0.2, 0.25) is 0 Å². The van der Waals surface area contributed by atoms with Crippen molar-refractivity contribution in [3.05, 3.63) is 50.4 Å². The summed E-state index contributed by atoms with van der Waals surface area (Å²) in [5.41, 5.74) is 7.95. The minimum Gasteiger partial charge on any atom is -0.494 e. The van der Waals surface area contributed by atoms with Crippen LogP contribution in [0.3, 0.4) is 0 Å². The van der Waals surface area contributed by atoms with Crippen LogP contribution in [0.15, 0.2) is 33.4 Å². The summed E-state index contributed by atoms with van der Waals surface area (Å²) in [5, 5.41) is 2.10. The second-order valence-electron chi connectivity index (χ2n) is 4.82. The van der Waals surface area contributed by atoms with Crippen LogP contribution in [-0.4, -0.2) is 25.6 Å². The lowest BCUT2D eigenvalue weighted by molar-refractivity contribution is 0.241. The van der Waals surface area contributed by atoms with Crippen LogP contribution in [-0.2, 0) is 6.54 Å². The number of hydrogen-bond acceptors (Lipinski definition) is 4. The molecule has 2 rings (SSSR count). The van der Waals surface area contributed by atoms with Gasteiger partial charge in [-0.2, -0.15) is 0 Å². The van der Waals surface area contributed by atoms with Gasteiger partial charge in [-0.1, -0.05) is 6.07 Å². The first-order valence-corrected chi connectivity index (χ1v) is 8.19. The molecule has 0 radical (unpaired) electrons. The first-order valence-electron chi connectivity index (χ1n) is 6.51. The molecular formula is C15H18BrFN2OS. The van der Waals surface area contributed by atoms with Crippen molar-refractivity contribution in [2.45, 2.75) is 12.6 Å². The van der Waals surface area contributed by atoms with Crippen molar-refractivity contribution in [3.8, 4) is 5.75 Å². The zero-order chi connectivity index (χ0) is 15.4. The van der Waals surface area contributed by atoms with E-state index in [1.807, 2.05) is 13.1 Å². The average molecular weight is 373 g/mol. The van der Waals surface area contributed by atoms with E-state index in [2.05, 4.69) is 32.3 Å². The lowest BCUT2D eigenvalue weighted by Gasteiger charge is -2.27. The maximum Gasteiger partial charge on any atom is 0.165 e. The zero-order valence-electron chi connectivity index (χ0n) is 12.0. The number of methoxy groups -OCH3 is 1. The monoisotopic (exact) mass is 372 g/mol. The quantitative estimate of drug-likeness (QED) is 0.837. The molecular weight excluding hydrogens is 355 g/mol. The highest BCUT2D eigenvalue weighted by Crippen LogP contribution is 2.27. The maximum atomic E-state index is 13.9. The second kappa shape index (κ2) is 7.35. The number of halogens is 2. The molecule has 0 spiro atoms. The van der Waals surface area contributed by atoms with Gasteiger partial charge in [-0.25, -0.2) is 4.39 Å². The van der Waals surface area contributed by atoms with Crippen LogP contribution in [0.4, 0.5) is 4.39 Å².